The van der Waals surface area contributed by atoms with E-state index in [1.807, 2.05) is 54.6 Å². The highest BCUT2D eigenvalue weighted by Gasteiger charge is 2.18. The number of hydrogen-bond acceptors (Lipinski definition) is 5. The number of rotatable bonds is 8. The normalized spacial score (nSPS) is 12.3. The van der Waals surface area contributed by atoms with Crippen molar-refractivity contribution >= 4 is 34.3 Å². The molecule has 7 nitrogen and oxygen atoms in total. The molecule has 166 valence electrons. The summed E-state index contributed by atoms with van der Waals surface area (Å²) >= 11 is 1.58. The SMILES string of the molecule is CCC(C)NC(=O)CCn1c(=O)c2ccccc2n2c(SCc3ccccc3C)nnc12. The average molecular weight is 450 g/mol. The second-order valence-electron chi connectivity index (χ2n) is 7.93. The number of nitrogens with zero attached hydrogens (tertiary/aromatic N) is 4. The summed E-state index contributed by atoms with van der Waals surface area (Å²) in [5.74, 6) is 1.13. The van der Waals surface area contributed by atoms with Gasteiger partial charge in [0.15, 0.2) is 5.16 Å². The summed E-state index contributed by atoms with van der Waals surface area (Å²) in [5.41, 5.74) is 3.06. The maximum Gasteiger partial charge on any atom is 0.262 e. The Morgan fingerprint density at radius 1 is 1.12 bits per heavy atom. The lowest BCUT2D eigenvalue weighted by Crippen LogP contribution is -2.33. The average Bonchev–Trinajstić information content (AvgIpc) is 3.22. The third kappa shape index (κ3) is 4.41. The minimum Gasteiger partial charge on any atom is -0.354 e. The molecule has 8 heteroatoms. The van der Waals surface area contributed by atoms with Crippen LogP contribution < -0.4 is 10.9 Å². The van der Waals surface area contributed by atoms with E-state index in [1.165, 1.54) is 11.1 Å². The molecular formula is C24H27N5O2S. The summed E-state index contributed by atoms with van der Waals surface area (Å²) < 4.78 is 3.48. The molecule has 2 aromatic heterocycles. The summed E-state index contributed by atoms with van der Waals surface area (Å²) in [7, 11) is 0. The molecule has 1 N–H and O–H groups in total. The fourth-order valence-electron chi connectivity index (χ4n) is 3.61. The van der Waals surface area contributed by atoms with Gasteiger partial charge in [-0.3, -0.25) is 18.6 Å². The van der Waals surface area contributed by atoms with E-state index in [-0.39, 0.29) is 30.5 Å². The second kappa shape index (κ2) is 9.56. The minimum atomic E-state index is -0.160. The number of fused-ring (bicyclic) bond motifs is 3. The number of benzene rings is 2. The van der Waals surface area contributed by atoms with E-state index >= 15 is 0 Å². The van der Waals surface area contributed by atoms with Gasteiger partial charge < -0.3 is 5.32 Å². The van der Waals surface area contributed by atoms with E-state index in [2.05, 4.69) is 34.6 Å². The number of carbonyl (C=O) groups is 1. The molecule has 0 radical (unpaired) electrons. The van der Waals surface area contributed by atoms with Gasteiger partial charge in [0.2, 0.25) is 11.7 Å². The van der Waals surface area contributed by atoms with Crippen molar-refractivity contribution in [3.8, 4) is 0 Å². The third-order valence-corrected chi connectivity index (χ3v) is 6.66. The zero-order chi connectivity index (χ0) is 22.7. The van der Waals surface area contributed by atoms with Crippen LogP contribution in [0, 0.1) is 6.92 Å². The molecule has 1 atom stereocenters. The molecule has 0 aliphatic heterocycles. The predicted molar refractivity (Wildman–Crippen MR) is 128 cm³/mol. The fourth-order valence-corrected chi connectivity index (χ4v) is 4.62. The molecule has 0 aliphatic carbocycles. The van der Waals surface area contributed by atoms with Gasteiger partial charge in [0, 0.05) is 24.8 Å². The van der Waals surface area contributed by atoms with Gasteiger partial charge in [0.1, 0.15) is 0 Å². The monoisotopic (exact) mass is 449 g/mol. The van der Waals surface area contributed by atoms with Crippen LogP contribution in [0.3, 0.4) is 0 Å². The number of thioether (sulfide) groups is 1. The van der Waals surface area contributed by atoms with Crippen LogP contribution in [0.25, 0.3) is 16.7 Å². The molecule has 1 unspecified atom stereocenters. The van der Waals surface area contributed by atoms with Crippen molar-refractivity contribution in [3.63, 3.8) is 0 Å². The summed E-state index contributed by atoms with van der Waals surface area (Å²) in [6.45, 7) is 6.33. The number of amides is 1. The van der Waals surface area contributed by atoms with E-state index in [0.29, 0.717) is 11.2 Å². The van der Waals surface area contributed by atoms with Crippen LogP contribution in [0.15, 0.2) is 58.5 Å². The highest BCUT2D eigenvalue weighted by atomic mass is 32.2. The van der Waals surface area contributed by atoms with Crippen molar-refractivity contribution in [2.24, 2.45) is 0 Å². The van der Waals surface area contributed by atoms with E-state index in [1.54, 1.807) is 16.3 Å². The van der Waals surface area contributed by atoms with Crippen molar-refractivity contribution in [1.29, 1.82) is 0 Å². The molecule has 4 rings (SSSR count). The molecule has 0 fully saturated rings. The number of aromatic nitrogens is 4. The number of nitrogens with one attached hydrogen (secondary N) is 1. The standard InChI is InChI=1S/C24H27N5O2S/c1-4-17(3)25-21(30)13-14-28-22(31)19-11-7-8-12-20(19)29-23(28)26-27-24(29)32-15-18-10-6-5-9-16(18)2/h5-12,17H,4,13-15H2,1-3H3,(H,25,30). The Hall–Kier alpha value is -3.13. The molecular weight excluding hydrogens is 422 g/mol. The van der Waals surface area contributed by atoms with E-state index in [0.717, 1.165) is 22.8 Å². The maximum atomic E-state index is 13.2. The third-order valence-electron chi connectivity index (χ3n) is 5.68. The Bertz CT molecular complexity index is 1330. The lowest BCUT2D eigenvalue weighted by atomic mass is 10.1. The van der Waals surface area contributed by atoms with Gasteiger partial charge in [-0.15, -0.1) is 10.2 Å². The van der Waals surface area contributed by atoms with Crippen molar-refractivity contribution in [2.45, 2.75) is 57.1 Å². The fraction of sp³-hybridized carbons (Fsp3) is 0.333. The Labute approximate surface area is 190 Å². The number of hydrogen-bond donors (Lipinski definition) is 1. The van der Waals surface area contributed by atoms with Crippen LogP contribution in [-0.4, -0.2) is 31.1 Å². The lowest BCUT2D eigenvalue weighted by Gasteiger charge is -2.13. The van der Waals surface area contributed by atoms with Crippen LogP contribution in [0.4, 0.5) is 0 Å². The molecule has 1 amide bonds. The first kappa shape index (κ1) is 22.1. The molecule has 32 heavy (non-hydrogen) atoms. The number of para-hydroxylation sites is 1. The molecule has 4 aromatic rings. The molecule has 0 saturated heterocycles. The first-order chi connectivity index (χ1) is 15.5. The summed E-state index contributed by atoms with van der Waals surface area (Å²) in [4.78, 5) is 25.5. The van der Waals surface area contributed by atoms with Crippen molar-refractivity contribution in [1.82, 2.24) is 24.5 Å². The van der Waals surface area contributed by atoms with Crippen LogP contribution in [0.1, 0.15) is 37.8 Å². The highest BCUT2D eigenvalue weighted by molar-refractivity contribution is 7.98. The quantitative estimate of drug-likeness (QED) is 0.412. The van der Waals surface area contributed by atoms with Gasteiger partial charge in [0.25, 0.3) is 5.56 Å². The molecule has 0 aliphatic rings. The summed E-state index contributed by atoms with van der Waals surface area (Å²) in [6.07, 6.45) is 1.06. The summed E-state index contributed by atoms with van der Waals surface area (Å²) in [5, 5.41) is 13.0. The van der Waals surface area contributed by atoms with Gasteiger partial charge in [-0.05, 0) is 43.5 Å². The molecule has 0 spiro atoms. The Balaban J connectivity index is 1.71. The number of carbonyl (C=O) groups excluding carboxylic acids is 1. The Kier molecular flexibility index (Phi) is 6.60. The topological polar surface area (TPSA) is 81.3 Å². The van der Waals surface area contributed by atoms with Gasteiger partial charge in [-0.25, -0.2) is 0 Å². The molecule has 2 heterocycles. The molecule has 0 saturated carbocycles. The first-order valence-electron chi connectivity index (χ1n) is 10.8. The Morgan fingerprint density at radius 3 is 2.66 bits per heavy atom. The van der Waals surface area contributed by atoms with Gasteiger partial charge in [-0.1, -0.05) is 55.1 Å². The zero-order valence-electron chi connectivity index (χ0n) is 18.5. The minimum absolute atomic E-state index is 0.0776. The summed E-state index contributed by atoms with van der Waals surface area (Å²) in [6, 6.07) is 15.8. The smallest absolute Gasteiger partial charge is 0.262 e. The van der Waals surface area contributed by atoms with Crippen molar-refractivity contribution in [3.05, 3.63) is 70.0 Å². The second-order valence-corrected chi connectivity index (χ2v) is 8.88. The maximum absolute atomic E-state index is 13.2. The predicted octanol–water partition coefficient (Wildman–Crippen LogP) is 3.95. The highest BCUT2D eigenvalue weighted by Crippen LogP contribution is 2.25. The van der Waals surface area contributed by atoms with Crippen LogP contribution in [0.5, 0.6) is 0 Å². The van der Waals surface area contributed by atoms with Gasteiger partial charge in [0.05, 0.1) is 10.9 Å². The number of aryl methyl sites for hydroxylation is 2. The Morgan fingerprint density at radius 2 is 1.88 bits per heavy atom. The first-order valence-corrected chi connectivity index (χ1v) is 11.8. The molecule has 0 bridgehead atoms. The van der Waals surface area contributed by atoms with Crippen molar-refractivity contribution in [2.75, 3.05) is 0 Å². The molecule has 2 aromatic carbocycles. The lowest BCUT2D eigenvalue weighted by molar-refractivity contribution is -0.121. The van der Waals surface area contributed by atoms with Crippen LogP contribution in [0.2, 0.25) is 0 Å². The van der Waals surface area contributed by atoms with Gasteiger partial charge >= 0.3 is 0 Å². The largest absolute Gasteiger partial charge is 0.354 e. The van der Waals surface area contributed by atoms with E-state index < -0.39 is 0 Å². The van der Waals surface area contributed by atoms with Crippen LogP contribution in [-0.2, 0) is 17.1 Å². The van der Waals surface area contributed by atoms with E-state index in [9.17, 15) is 9.59 Å². The van der Waals surface area contributed by atoms with Crippen molar-refractivity contribution < 1.29 is 4.79 Å². The van der Waals surface area contributed by atoms with Gasteiger partial charge in [-0.2, -0.15) is 0 Å². The zero-order valence-corrected chi connectivity index (χ0v) is 19.4. The van der Waals surface area contributed by atoms with E-state index in [4.69, 9.17) is 0 Å². The van der Waals surface area contributed by atoms with Crippen LogP contribution >= 0.6 is 11.8 Å².